The van der Waals surface area contributed by atoms with Crippen molar-refractivity contribution in [1.82, 2.24) is 4.90 Å². The molecule has 0 saturated heterocycles. The van der Waals surface area contributed by atoms with Crippen LogP contribution in [0.4, 0.5) is 0 Å². The minimum Gasteiger partial charge on any atom is -0.393 e. The van der Waals surface area contributed by atoms with Crippen LogP contribution in [0.3, 0.4) is 0 Å². The Labute approximate surface area is 141 Å². The zero-order valence-corrected chi connectivity index (χ0v) is 15.1. The van der Waals surface area contributed by atoms with Gasteiger partial charge in [0, 0.05) is 20.3 Å². The molecule has 0 aliphatic rings. The molecule has 0 fully saturated rings. The van der Waals surface area contributed by atoms with Gasteiger partial charge in [-0.25, -0.2) is 0 Å². The van der Waals surface area contributed by atoms with Crippen molar-refractivity contribution in [2.45, 2.75) is 0 Å². The lowest BCUT2D eigenvalue weighted by molar-refractivity contribution is 0.213. The molecule has 121 valence electrons. The van der Waals surface area contributed by atoms with Gasteiger partial charge in [0.15, 0.2) is 0 Å². The molecular weight excluding hydrogens is 302 g/mol. The van der Waals surface area contributed by atoms with Crippen LogP contribution in [0.15, 0.2) is 61.2 Å². The summed E-state index contributed by atoms with van der Waals surface area (Å²) in [7, 11) is 4.36. The molecule has 4 heteroatoms. The van der Waals surface area contributed by atoms with E-state index in [2.05, 4.69) is 47.9 Å². The highest BCUT2D eigenvalue weighted by molar-refractivity contribution is 6.61. The molecule has 2 aromatic carbocycles. The van der Waals surface area contributed by atoms with Crippen molar-refractivity contribution >= 4 is 20.0 Å². The third kappa shape index (κ3) is 5.15. The van der Waals surface area contributed by atoms with Gasteiger partial charge in [-0.15, -0.1) is 0 Å². The van der Waals surface area contributed by atoms with E-state index >= 15 is 0 Å². The van der Waals surface area contributed by atoms with Crippen molar-refractivity contribution in [2.24, 2.45) is 0 Å². The maximum absolute atomic E-state index is 5.89. The second-order valence-electron chi connectivity index (χ2n) is 5.57. The molecule has 0 unspecified atom stereocenters. The number of hydrogen-bond acceptors (Lipinski definition) is 3. The summed E-state index contributed by atoms with van der Waals surface area (Å²) in [6, 6.07) is 18.5. The SMILES string of the molecule is C=C(c1ccccc1)c1ccc([Si](OC)OCCN(C)C)cc1. The molecule has 0 heterocycles. The minimum absolute atomic E-state index is 0.674. The van der Waals surface area contributed by atoms with E-state index in [9.17, 15) is 0 Å². The van der Waals surface area contributed by atoms with E-state index in [0.29, 0.717) is 6.61 Å². The lowest BCUT2D eigenvalue weighted by Gasteiger charge is -2.16. The summed E-state index contributed by atoms with van der Waals surface area (Å²) in [6.07, 6.45) is 0. The molecule has 0 N–H and O–H groups in total. The molecule has 1 radical (unpaired) electrons. The van der Waals surface area contributed by atoms with Crippen molar-refractivity contribution in [2.75, 3.05) is 34.4 Å². The number of likely N-dealkylation sites (N-methyl/N-ethyl adjacent to an activating group) is 1. The molecule has 0 aliphatic heterocycles. The fourth-order valence-electron chi connectivity index (χ4n) is 2.19. The van der Waals surface area contributed by atoms with Gasteiger partial charge in [0.25, 0.3) is 0 Å². The van der Waals surface area contributed by atoms with Crippen LogP contribution in [0, 0.1) is 0 Å². The third-order valence-corrected chi connectivity index (χ3v) is 5.19. The molecule has 0 aromatic heterocycles. The van der Waals surface area contributed by atoms with E-state index in [1.54, 1.807) is 7.11 Å². The average Bonchev–Trinajstić information content (AvgIpc) is 2.59. The highest BCUT2D eigenvalue weighted by Gasteiger charge is 2.17. The van der Waals surface area contributed by atoms with Gasteiger partial charge in [0.05, 0.1) is 0 Å². The fourth-order valence-corrected chi connectivity index (χ4v) is 3.43. The first-order valence-corrected chi connectivity index (χ1v) is 8.97. The first kappa shape index (κ1) is 17.6. The Kier molecular flexibility index (Phi) is 6.74. The largest absolute Gasteiger partial charge is 0.423 e. The summed E-state index contributed by atoms with van der Waals surface area (Å²) < 4.78 is 11.4. The van der Waals surface area contributed by atoms with Crippen molar-refractivity contribution in [3.05, 3.63) is 72.3 Å². The van der Waals surface area contributed by atoms with Gasteiger partial charge < -0.3 is 13.8 Å². The van der Waals surface area contributed by atoms with Gasteiger partial charge in [0.2, 0.25) is 0 Å². The summed E-state index contributed by atoms with van der Waals surface area (Å²) in [5.74, 6) is 0. The second-order valence-corrected chi connectivity index (χ2v) is 7.41. The second kappa shape index (κ2) is 8.79. The Hall–Kier alpha value is -1.72. The molecule has 3 nitrogen and oxygen atoms in total. The summed E-state index contributed by atoms with van der Waals surface area (Å²) >= 11 is 0. The molecule has 23 heavy (non-hydrogen) atoms. The predicted octanol–water partition coefficient (Wildman–Crippen LogP) is 2.67. The van der Waals surface area contributed by atoms with Crippen molar-refractivity contribution in [3.63, 3.8) is 0 Å². The van der Waals surface area contributed by atoms with E-state index in [1.165, 1.54) is 0 Å². The van der Waals surface area contributed by atoms with E-state index < -0.39 is 9.28 Å². The van der Waals surface area contributed by atoms with Crippen LogP contribution in [-0.4, -0.2) is 48.5 Å². The molecule has 2 rings (SSSR count). The molecule has 0 aliphatic carbocycles. The predicted molar refractivity (Wildman–Crippen MR) is 97.9 cm³/mol. The van der Waals surface area contributed by atoms with E-state index in [-0.39, 0.29) is 0 Å². The number of hydrogen-bond donors (Lipinski definition) is 0. The van der Waals surface area contributed by atoms with Gasteiger partial charge in [-0.3, -0.25) is 0 Å². The fraction of sp³-hybridized carbons (Fsp3) is 0.263. The lowest BCUT2D eigenvalue weighted by Crippen LogP contribution is -2.37. The highest BCUT2D eigenvalue weighted by atomic mass is 28.3. The van der Waals surface area contributed by atoms with E-state index in [4.69, 9.17) is 8.85 Å². The van der Waals surface area contributed by atoms with Crippen LogP contribution in [0.2, 0.25) is 0 Å². The van der Waals surface area contributed by atoms with Crippen LogP contribution in [-0.2, 0) is 8.85 Å². The van der Waals surface area contributed by atoms with Crippen LogP contribution < -0.4 is 5.19 Å². The summed E-state index contributed by atoms with van der Waals surface area (Å²) in [6.45, 7) is 5.76. The van der Waals surface area contributed by atoms with Crippen LogP contribution in [0.25, 0.3) is 5.57 Å². The lowest BCUT2D eigenvalue weighted by atomic mass is 10.00. The van der Waals surface area contributed by atoms with Crippen LogP contribution in [0.1, 0.15) is 11.1 Å². The molecule has 0 spiro atoms. The van der Waals surface area contributed by atoms with E-state index in [0.717, 1.165) is 28.4 Å². The van der Waals surface area contributed by atoms with Crippen molar-refractivity contribution in [3.8, 4) is 0 Å². The third-order valence-electron chi connectivity index (χ3n) is 3.55. The molecule has 0 amide bonds. The van der Waals surface area contributed by atoms with Crippen molar-refractivity contribution in [1.29, 1.82) is 0 Å². The Balaban J connectivity index is 2.04. The average molecular weight is 326 g/mol. The molecule has 0 bridgehead atoms. The molecular formula is C19H24NO2Si. The minimum atomic E-state index is -1.42. The Morgan fingerprint density at radius 3 is 2.17 bits per heavy atom. The number of rotatable bonds is 8. The van der Waals surface area contributed by atoms with Crippen LogP contribution in [0.5, 0.6) is 0 Å². The maximum atomic E-state index is 5.89. The Morgan fingerprint density at radius 1 is 1.00 bits per heavy atom. The Morgan fingerprint density at radius 2 is 1.61 bits per heavy atom. The smallest absolute Gasteiger partial charge is 0.393 e. The normalized spacial score (nSPS) is 11.2. The zero-order valence-electron chi connectivity index (χ0n) is 14.1. The quantitative estimate of drug-likeness (QED) is 0.696. The maximum Gasteiger partial charge on any atom is 0.423 e. The van der Waals surface area contributed by atoms with Gasteiger partial charge >= 0.3 is 9.28 Å². The molecule has 0 saturated carbocycles. The zero-order chi connectivity index (χ0) is 16.7. The van der Waals surface area contributed by atoms with E-state index in [1.807, 2.05) is 32.3 Å². The number of nitrogens with zero attached hydrogens (tertiary/aromatic N) is 1. The van der Waals surface area contributed by atoms with Gasteiger partial charge in [-0.2, -0.15) is 0 Å². The summed E-state index contributed by atoms with van der Waals surface area (Å²) in [5.41, 5.74) is 3.28. The Bertz CT molecular complexity index is 611. The van der Waals surface area contributed by atoms with Gasteiger partial charge in [-0.1, -0.05) is 61.2 Å². The van der Waals surface area contributed by atoms with Crippen LogP contribution >= 0.6 is 0 Å². The summed E-state index contributed by atoms with van der Waals surface area (Å²) in [4.78, 5) is 2.10. The number of benzene rings is 2. The topological polar surface area (TPSA) is 21.7 Å². The van der Waals surface area contributed by atoms with Gasteiger partial charge in [-0.05, 0) is 36.0 Å². The molecule has 0 atom stereocenters. The molecule has 2 aromatic rings. The first-order chi connectivity index (χ1) is 11.1. The summed E-state index contributed by atoms with van der Waals surface area (Å²) in [5, 5.41) is 1.11. The van der Waals surface area contributed by atoms with Crippen molar-refractivity contribution < 1.29 is 8.85 Å². The standard InChI is InChI=1S/C19H24NO2Si/c1-16(17-8-6-5-7-9-17)18-10-12-19(13-11-18)23(21-4)22-15-14-20(2)3/h5-13H,1,14-15H2,2-4H3. The van der Waals surface area contributed by atoms with Gasteiger partial charge in [0.1, 0.15) is 0 Å². The monoisotopic (exact) mass is 326 g/mol. The first-order valence-electron chi connectivity index (χ1n) is 7.65. The highest BCUT2D eigenvalue weighted by Crippen LogP contribution is 2.20.